The van der Waals surface area contributed by atoms with Gasteiger partial charge in [0.1, 0.15) is 5.58 Å². The van der Waals surface area contributed by atoms with Gasteiger partial charge in [-0.05, 0) is 55.1 Å². The normalized spacial score (nSPS) is 16.6. The van der Waals surface area contributed by atoms with Crippen LogP contribution in [0.5, 0.6) is 0 Å². The largest absolute Gasteiger partial charge is 0.503 e. The number of hydrogen-bond donors (Lipinski definition) is 1. The Morgan fingerprint density at radius 1 is 1.19 bits per heavy atom. The Kier molecular flexibility index (Phi) is 6.43. The van der Waals surface area contributed by atoms with E-state index in [1.165, 1.54) is 0 Å². The van der Waals surface area contributed by atoms with Crippen LogP contribution in [0, 0.1) is 0 Å². The molecular weight excluding hydrogens is 474 g/mol. The maximum atomic E-state index is 13.5. The van der Waals surface area contributed by atoms with Crippen molar-refractivity contribution in [2.24, 2.45) is 0 Å². The number of aromatic nitrogens is 1. The van der Waals surface area contributed by atoms with E-state index in [-0.39, 0.29) is 11.3 Å². The van der Waals surface area contributed by atoms with Gasteiger partial charge < -0.3 is 19.3 Å². The second-order valence-corrected chi connectivity index (χ2v) is 8.51. The van der Waals surface area contributed by atoms with E-state index in [0.29, 0.717) is 24.2 Å². The fraction of sp³-hybridized carbons (Fsp3) is 0.292. The van der Waals surface area contributed by atoms with Crippen molar-refractivity contribution in [3.8, 4) is 0 Å². The standard InChI is InChI=1S/C24H24BrN3O4/c1-3-27(4-2)11-12-28-21(15-7-9-26-10-8-15)20(23(30)24(28)31)22(29)19-14-16-13-17(25)5-6-18(16)32-19/h5-10,13-14,21,30H,3-4,11-12H2,1-2H3. The summed E-state index contributed by atoms with van der Waals surface area (Å²) in [7, 11) is 0. The molecule has 7 nitrogen and oxygen atoms in total. The highest BCUT2D eigenvalue weighted by molar-refractivity contribution is 9.10. The van der Waals surface area contributed by atoms with Crippen molar-refractivity contribution in [2.75, 3.05) is 26.2 Å². The molecule has 1 amide bonds. The molecule has 1 unspecified atom stereocenters. The van der Waals surface area contributed by atoms with Gasteiger partial charge in [0.2, 0.25) is 5.78 Å². The fourth-order valence-corrected chi connectivity index (χ4v) is 4.44. The molecule has 8 heteroatoms. The number of amides is 1. The number of Topliss-reactive ketones (excluding diaryl/α,β-unsaturated/α-hetero) is 1. The number of aliphatic hydroxyl groups is 1. The Labute approximate surface area is 194 Å². The molecule has 1 aliphatic heterocycles. The molecule has 1 N–H and O–H groups in total. The summed E-state index contributed by atoms with van der Waals surface area (Å²) in [5, 5.41) is 11.5. The lowest BCUT2D eigenvalue weighted by Crippen LogP contribution is -2.38. The Balaban J connectivity index is 1.73. The lowest BCUT2D eigenvalue weighted by atomic mass is 9.95. The first-order valence-corrected chi connectivity index (χ1v) is 11.3. The highest BCUT2D eigenvalue weighted by atomic mass is 79.9. The van der Waals surface area contributed by atoms with E-state index in [1.54, 1.807) is 41.6 Å². The van der Waals surface area contributed by atoms with E-state index in [4.69, 9.17) is 4.42 Å². The van der Waals surface area contributed by atoms with Gasteiger partial charge in [0.05, 0.1) is 11.6 Å². The predicted molar refractivity (Wildman–Crippen MR) is 124 cm³/mol. The van der Waals surface area contributed by atoms with Crippen LogP contribution in [0.4, 0.5) is 0 Å². The van der Waals surface area contributed by atoms with Gasteiger partial charge in [-0.1, -0.05) is 29.8 Å². The van der Waals surface area contributed by atoms with Gasteiger partial charge in [0.15, 0.2) is 11.5 Å². The summed E-state index contributed by atoms with van der Waals surface area (Å²) >= 11 is 3.41. The third-order valence-corrected chi connectivity index (χ3v) is 6.32. The average Bonchev–Trinajstić information content (AvgIpc) is 3.33. The predicted octanol–water partition coefficient (Wildman–Crippen LogP) is 4.51. The summed E-state index contributed by atoms with van der Waals surface area (Å²) in [6, 6.07) is 9.86. The summed E-state index contributed by atoms with van der Waals surface area (Å²) in [6.45, 7) is 6.81. The minimum atomic E-state index is -0.714. The van der Waals surface area contributed by atoms with Crippen LogP contribution in [-0.2, 0) is 4.79 Å². The summed E-state index contributed by atoms with van der Waals surface area (Å²) in [5.74, 6) is -1.51. The first kappa shape index (κ1) is 22.2. The molecule has 0 fully saturated rings. The summed E-state index contributed by atoms with van der Waals surface area (Å²) in [6.07, 6.45) is 3.22. The van der Waals surface area contributed by atoms with Gasteiger partial charge in [0, 0.05) is 35.3 Å². The number of carbonyl (C=O) groups excluding carboxylic acids is 2. The van der Waals surface area contributed by atoms with Crippen LogP contribution < -0.4 is 0 Å². The van der Waals surface area contributed by atoms with E-state index >= 15 is 0 Å². The smallest absolute Gasteiger partial charge is 0.290 e. The molecule has 0 bridgehead atoms. The molecule has 4 rings (SSSR count). The molecule has 3 heterocycles. The van der Waals surface area contributed by atoms with E-state index in [0.717, 1.165) is 22.9 Å². The van der Waals surface area contributed by atoms with Crippen molar-refractivity contribution in [1.29, 1.82) is 0 Å². The van der Waals surface area contributed by atoms with E-state index in [2.05, 4.69) is 39.7 Å². The van der Waals surface area contributed by atoms with Crippen LogP contribution in [0.25, 0.3) is 11.0 Å². The molecule has 3 aromatic rings. The topological polar surface area (TPSA) is 86.9 Å². The quantitative estimate of drug-likeness (QED) is 0.460. The molecule has 32 heavy (non-hydrogen) atoms. The zero-order chi connectivity index (χ0) is 22.8. The maximum absolute atomic E-state index is 13.5. The molecular formula is C24H24BrN3O4. The minimum Gasteiger partial charge on any atom is -0.503 e. The monoisotopic (exact) mass is 497 g/mol. The lowest BCUT2D eigenvalue weighted by molar-refractivity contribution is -0.129. The number of furan rings is 1. The Morgan fingerprint density at radius 3 is 2.59 bits per heavy atom. The fourth-order valence-electron chi connectivity index (χ4n) is 4.06. The molecule has 0 saturated heterocycles. The van der Waals surface area contributed by atoms with Crippen LogP contribution in [0.15, 0.2) is 69.0 Å². The lowest BCUT2D eigenvalue weighted by Gasteiger charge is -2.29. The number of fused-ring (bicyclic) bond motifs is 1. The number of pyridine rings is 1. The van der Waals surface area contributed by atoms with Gasteiger partial charge in [-0.2, -0.15) is 0 Å². The number of nitrogens with zero attached hydrogens (tertiary/aromatic N) is 3. The molecule has 0 spiro atoms. The number of ketones is 1. The highest BCUT2D eigenvalue weighted by Crippen LogP contribution is 2.39. The summed E-state index contributed by atoms with van der Waals surface area (Å²) < 4.78 is 6.63. The van der Waals surface area contributed by atoms with Crippen molar-refractivity contribution >= 4 is 38.6 Å². The van der Waals surface area contributed by atoms with Crippen molar-refractivity contribution in [3.05, 3.63) is 75.9 Å². The molecule has 0 aliphatic carbocycles. The Bertz CT molecular complexity index is 1180. The zero-order valence-electron chi connectivity index (χ0n) is 17.9. The third-order valence-electron chi connectivity index (χ3n) is 5.82. The number of hydrogen-bond acceptors (Lipinski definition) is 6. The average molecular weight is 498 g/mol. The number of aliphatic hydroxyl groups excluding tert-OH is 1. The Morgan fingerprint density at radius 2 is 1.91 bits per heavy atom. The van der Waals surface area contributed by atoms with Crippen molar-refractivity contribution in [3.63, 3.8) is 0 Å². The van der Waals surface area contributed by atoms with E-state index in [9.17, 15) is 14.7 Å². The minimum absolute atomic E-state index is 0.0267. The van der Waals surface area contributed by atoms with Gasteiger partial charge in [0.25, 0.3) is 5.91 Å². The highest BCUT2D eigenvalue weighted by Gasteiger charge is 2.44. The third kappa shape index (κ3) is 4.08. The molecule has 0 radical (unpaired) electrons. The first-order valence-electron chi connectivity index (χ1n) is 10.5. The van der Waals surface area contributed by atoms with Crippen LogP contribution in [-0.4, -0.2) is 57.8 Å². The van der Waals surface area contributed by atoms with Gasteiger partial charge >= 0.3 is 0 Å². The second kappa shape index (κ2) is 9.26. The van der Waals surface area contributed by atoms with Crippen molar-refractivity contribution in [1.82, 2.24) is 14.8 Å². The molecule has 166 valence electrons. The zero-order valence-corrected chi connectivity index (χ0v) is 19.5. The second-order valence-electron chi connectivity index (χ2n) is 7.59. The number of likely N-dealkylation sites (N-methyl/N-ethyl adjacent to an activating group) is 1. The first-order chi connectivity index (χ1) is 15.4. The van der Waals surface area contributed by atoms with Crippen molar-refractivity contribution < 1.29 is 19.1 Å². The Hall–Kier alpha value is -2.97. The SMILES string of the molecule is CCN(CC)CCN1C(=O)C(O)=C(C(=O)c2cc3cc(Br)ccc3o2)C1c1ccncc1. The number of halogens is 1. The van der Waals surface area contributed by atoms with Crippen LogP contribution in [0.1, 0.15) is 36.0 Å². The van der Waals surface area contributed by atoms with E-state index in [1.807, 2.05) is 12.1 Å². The van der Waals surface area contributed by atoms with Gasteiger partial charge in [-0.25, -0.2) is 0 Å². The summed E-state index contributed by atoms with van der Waals surface area (Å²) in [5.41, 5.74) is 1.29. The maximum Gasteiger partial charge on any atom is 0.290 e. The van der Waals surface area contributed by atoms with Crippen LogP contribution in [0.3, 0.4) is 0 Å². The molecule has 2 aromatic heterocycles. The molecule has 0 saturated carbocycles. The van der Waals surface area contributed by atoms with Gasteiger partial charge in [-0.3, -0.25) is 14.6 Å². The molecule has 1 aliphatic rings. The molecule has 1 atom stereocenters. The number of benzene rings is 1. The summed E-state index contributed by atoms with van der Waals surface area (Å²) in [4.78, 5) is 34.3. The van der Waals surface area contributed by atoms with Crippen LogP contribution in [0.2, 0.25) is 0 Å². The number of rotatable bonds is 8. The van der Waals surface area contributed by atoms with E-state index < -0.39 is 23.5 Å². The van der Waals surface area contributed by atoms with Gasteiger partial charge in [-0.15, -0.1) is 0 Å². The van der Waals surface area contributed by atoms with Crippen LogP contribution >= 0.6 is 15.9 Å². The number of carbonyl (C=O) groups is 2. The molecule has 1 aromatic carbocycles. The van der Waals surface area contributed by atoms with Crippen molar-refractivity contribution in [2.45, 2.75) is 19.9 Å².